The van der Waals surface area contributed by atoms with Crippen LogP contribution in [0.1, 0.15) is 31.1 Å². The molecule has 0 bridgehead atoms. The van der Waals surface area contributed by atoms with Gasteiger partial charge < -0.3 is 5.32 Å². The minimum Gasteiger partial charge on any atom is -0.325 e. The smallest absolute Gasteiger partial charge is 0.241 e. The van der Waals surface area contributed by atoms with Gasteiger partial charge in [0.1, 0.15) is 5.01 Å². The Morgan fingerprint density at radius 3 is 2.57 bits per heavy atom. The minimum absolute atomic E-state index is 0.0167. The highest BCUT2D eigenvalue weighted by atomic mass is 32.1. The largest absolute Gasteiger partial charge is 0.325 e. The summed E-state index contributed by atoms with van der Waals surface area (Å²) in [6, 6.07) is 19.5. The molecule has 2 aromatic heterocycles. The zero-order valence-corrected chi connectivity index (χ0v) is 18.0. The van der Waals surface area contributed by atoms with Gasteiger partial charge >= 0.3 is 0 Å². The molecule has 2 atom stereocenters. The van der Waals surface area contributed by atoms with E-state index in [0.29, 0.717) is 0 Å². The van der Waals surface area contributed by atoms with Gasteiger partial charge in [-0.15, -0.1) is 11.3 Å². The minimum atomic E-state index is -0.353. The number of carbonyl (C=O) groups is 1. The van der Waals surface area contributed by atoms with E-state index in [1.807, 2.05) is 56.3 Å². The summed E-state index contributed by atoms with van der Waals surface area (Å²) in [5.41, 5.74) is 4.96. The lowest BCUT2D eigenvalue weighted by atomic mass is 10.1. The van der Waals surface area contributed by atoms with Gasteiger partial charge in [0.2, 0.25) is 5.91 Å². The fourth-order valence-electron chi connectivity index (χ4n) is 3.27. The van der Waals surface area contributed by atoms with Crippen LogP contribution in [0, 0.1) is 6.92 Å². The van der Waals surface area contributed by atoms with E-state index in [1.165, 1.54) is 10.3 Å². The van der Waals surface area contributed by atoms with E-state index in [9.17, 15) is 4.79 Å². The number of rotatable bonds is 6. The van der Waals surface area contributed by atoms with Gasteiger partial charge in [-0.3, -0.25) is 15.1 Å². The Bertz CT molecular complexity index is 1160. The van der Waals surface area contributed by atoms with Crippen LogP contribution < -0.4 is 10.6 Å². The van der Waals surface area contributed by atoms with Crippen molar-refractivity contribution in [2.75, 3.05) is 5.32 Å². The SMILES string of the molecule is Cc1ccc2nc(-c3ccc(NC(=O)C(C)NC(C)c4ccccn4)cc3)sc2c1. The van der Waals surface area contributed by atoms with E-state index in [1.54, 1.807) is 17.5 Å². The summed E-state index contributed by atoms with van der Waals surface area (Å²) in [5.74, 6) is -0.0824. The Balaban J connectivity index is 1.40. The third-order valence-electron chi connectivity index (χ3n) is 4.97. The fourth-order valence-corrected chi connectivity index (χ4v) is 4.34. The summed E-state index contributed by atoms with van der Waals surface area (Å²) in [6.45, 7) is 5.94. The predicted molar refractivity (Wildman–Crippen MR) is 124 cm³/mol. The number of anilines is 1. The summed E-state index contributed by atoms with van der Waals surface area (Å²) < 4.78 is 1.18. The molecule has 2 heterocycles. The monoisotopic (exact) mass is 416 g/mol. The Morgan fingerprint density at radius 2 is 1.83 bits per heavy atom. The zero-order chi connectivity index (χ0) is 21.1. The van der Waals surface area contributed by atoms with Crippen LogP contribution in [0.4, 0.5) is 5.69 Å². The lowest BCUT2D eigenvalue weighted by Gasteiger charge is -2.19. The standard InChI is InChI=1S/C24H24N4OS/c1-15-7-12-21-22(14-15)30-24(28-21)18-8-10-19(11-9-18)27-23(29)17(3)26-16(2)20-6-4-5-13-25-20/h4-14,16-17,26H,1-3H3,(H,27,29). The number of aryl methyl sites for hydroxylation is 1. The maximum atomic E-state index is 12.6. The van der Waals surface area contributed by atoms with Crippen molar-refractivity contribution in [2.45, 2.75) is 32.9 Å². The number of nitrogens with one attached hydrogen (secondary N) is 2. The molecule has 1 amide bonds. The Hall–Kier alpha value is -3.09. The molecule has 0 aliphatic carbocycles. The van der Waals surface area contributed by atoms with Gasteiger partial charge in [0.05, 0.1) is 22.0 Å². The molecule has 0 saturated heterocycles. The zero-order valence-electron chi connectivity index (χ0n) is 17.2. The van der Waals surface area contributed by atoms with E-state index in [4.69, 9.17) is 4.98 Å². The number of pyridine rings is 1. The number of nitrogens with zero attached hydrogens (tertiary/aromatic N) is 2. The van der Waals surface area contributed by atoms with Crippen molar-refractivity contribution < 1.29 is 4.79 Å². The molecule has 0 aliphatic rings. The number of carbonyl (C=O) groups excluding carboxylic acids is 1. The second-order valence-corrected chi connectivity index (χ2v) is 8.45. The molecular formula is C24H24N4OS. The van der Waals surface area contributed by atoms with E-state index in [0.717, 1.165) is 27.5 Å². The first-order chi connectivity index (χ1) is 14.5. The molecule has 4 aromatic rings. The molecule has 0 fully saturated rings. The summed E-state index contributed by atoms with van der Waals surface area (Å²) in [4.78, 5) is 21.6. The predicted octanol–water partition coefficient (Wildman–Crippen LogP) is 5.34. The second kappa shape index (κ2) is 8.73. The normalized spacial score (nSPS) is 13.2. The van der Waals surface area contributed by atoms with Gasteiger partial charge in [-0.2, -0.15) is 0 Å². The Labute approximate surface area is 180 Å². The van der Waals surface area contributed by atoms with Crippen molar-refractivity contribution in [2.24, 2.45) is 0 Å². The molecule has 2 aromatic carbocycles. The number of hydrogen-bond acceptors (Lipinski definition) is 5. The summed E-state index contributed by atoms with van der Waals surface area (Å²) in [7, 11) is 0. The first-order valence-electron chi connectivity index (χ1n) is 9.95. The van der Waals surface area contributed by atoms with Crippen LogP contribution in [-0.2, 0) is 4.79 Å². The van der Waals surface area contributed by atoms with Gasteiger partial charge in [-0.1, -0.05) is 12.1 Å². The highest BCUT2D eigenvalue weighted by molar-refractivity contribution is 7.21. The van der Waals surface area contributed by atoms with E-state index in [2.05, 4.69) is 40.7 Å². The molecular weight excluding hydrogens is 392 g/mol. The third kappa shape index (κ3) is 4.56. The Kier molecular flexibility index (Phi) is 5.88. The quantitative estimate of drug-likeness (QED) is 0.445. The van der Waals surface area contributed by atoms with Gasteiger partial charge in [0, 0.05) is 23.5 Å². The highest BCUT2D eigenvalue weighted by Crippen LogP contribution is 2.31. The molecule has 0 aliphatic heterocycles. The third-order valence-corrected chi connectivity index (χ3v) is 6.04. The molecule has 0 saturated carbocycles. The number of amides is 1. The van der Waals surface area contributed by atoms with Gasteiger partial charge in [-0.25, -0.2) is 4.98 Å². The summed E-state index contributed by atoms with van der Waals surface area (Å²) >= 11 is 1.68. The number of fused-ring (bicyclic) bond motifs is 1. The van der Waals surface area contributed by atoms with Crippen molar-refractivity contribution >= 4 is 33.1 Å². The summed E-state index contributed by atoms with van der Waals surface area (Å²) in [6.07, 6.45) is 1.76. The molecule has 30 heavy (non-hydrogen) atoms. The molecule has 0 spiro atoms. The lowest BCUT2D eigenvalue weighted by Crippen LogP contribution is -2.39. The van der Waals surface area contributed by atoms with Crippen LogP contribution in [0.15, 0.2) is 66.9 Å². The van der Waals surface area contributed by atoms with Crippen LogP contribution in [-0.4, -0.2) is 21.9 Å². The highest BCUT2D eigenvalue weighted by Gasteiger charge is 2.17. The van der Waals surface area contributed by atoms with Crippen molar-refractivity contribution in [3.63, 3.8) is 0 Å². The van der Waals surface area contributed by atoms with Crippen LogP contribution in [0.25, 0.3) is 20.8 Å². The second-order valence-electron chi connectivity index (χ2n) is 7.42. The van der Waals surface area contributed by atoms with E-state index >= 15 is 0 Å². The topological polar surface area (TPSA) is 66.9 Å². The van der Waals surface area contributed by atoms with Crippen molar-refractivity contribution in [3.8, 4) is 10.6 Å². The van der Waals surface area contributed by atoms with Crippen LogP contribution in [0.2, 0.25) is 0 Å². The number of hydrogen-bond donors (Lipinski definition) is 2. The fraction of sp³-hybridized carbons (Fsp3) is 0.208. The molecule has 2 unspecified atom stereocenters. The average Bonchev–Trinajstić information content (AvgIpc) is 3.18. The average molecular weight is 417 g/mol. The van der Waals surface area contributed by atoms with Gasteiger partial charge in [-0.05, 0) is 74.9 Å². The maximum Gasteiger partial charge on any atom is 0.241 e. The van der Waals surface area contributed by atoms with Crippen molar-refractivity contribution in [1.82, 2.24) is 15.3 Å². The van der Waals surface area contributed by atoms with Crippen LogP contribution in [0.3, 0.4) is 0 Å². The molecule has 152 valence electrons. The first kappa shape index (κ1) is 20.2. The molecule has 0 radical (unpaired) electrons. The van der Waals surface area contributed by atoms with Gasteiger partial charge in [0.25, 0.3) is 0 Å². The molecule has 2 N–H and O–H groups in total. The van der Waals surface area contributed by atoms with Crippen molar-refractivity contribution in [1.29, 1.82) is 0 Å². The molecule has 4 rings (SSSR count). The molecule has 5 nitrogen and oxygen atoms in total. The number of thiazole rings is 1. The van der Waals surface area contributed by atoms with E-state index < -0.39 is 0 Å². The number of aromatic nitrogens is 2. The van der Waals surface area contributed by atoms with Gasteiger partial charge in [0.15, 0.2) is 0 Å². The van der Waals surface area contributed by atoms with Crippen molar-refractivity contribution in [3.05, 3.63) is 78.1 Å². The lowest BCUT2D eigenvalue weighted by molar-refractivity contribution is -0.117. The first-order valence-corrected chi connectivity index (χ1v) is 10.8. The maximum absolute atomic E-state index is 12.6. The molecule has 6 heteroatoms. The van der Waals surface area contributed by atoms with E-state index in [-0.39, 0.29) is 18.0 Å². The number of benzene rings is 2. The van der Waals surface area contributed by atoms with Crippen LogP contribution >= 0.6 is 11.3 Å². The summed E-state index contributed by atoms with van der Waals surface area (Å²) in [5, 5.41) is 7.24. The van der Waals surface area contributed by atoms with Crippen LogP contribution in [0.5, 0.6) is 0 Å². The Morgan fingerprint density at radius 1 is 1.03 bits per heavy atom.